The lowest BCUT2D eigenvalue weighted by atomic mass is 9.92. The number of nitrogens with one attached hydrogen (secondary N) is 3. The molecular formula is C19H17N5O2. The van der Waals surface area contributed by atoms with Gasteiger partial charge in [-0.3, -0.25) is 15.1 Å². The number of aromatic amines is 1. The number of fused-ring (bicyclic) bond motifs is 2. The zero-order valence-electron chi connectivity index (χ0n) is 14.2. The van der Waals surface area contributed by atoms with Crippen LogP contribution in [-0.2, 0) is 0 Å². The normalized spacial score (nSPS) is 13.3. The Bertz CT molecular complexity index is 1050. The molecule has 130 valence electrons. The van der Waals surface area contributed by atoms with E-state index in [0.717, 1.165) is 27.9 Å². The van der Waals surface area contributed by atoms with E-state index < -0.39 is 0 Å². The van der Waals surface area contributed by atoms with Gasteiger partial charge in [0.05, 0.1) is 16.7 Å². The monoisotopic (exact) mass is 347 g/mol. The maximum absolute atomic E-state index is 12.1. The lowest BCUT2D eigenvalue weighted by Crippen LogP contribution is -2.28. The van der Waals surface area contributed by atoms with E-state index in [1.807, 2.05) is 49.4 Å². The Hall–Kier alpha value is -3.48. The number of Topliss-reactive ketones (excluding diaryl/α,β-unsaturated/α-hetero) is 1. The summed E-state index contributed by atoms with van der Waals surface area (Å²) in [7, 11) is 0. The number of aliphatic imine (C=N–C) groups is 1. The summed E-state index contributed by atoms with van der Waals surface area (Å²) < 4.78 is 0. The molecule has 0 saturated carbocycles. The van der Waals surface area contributed by atoms with Gasteiger partial charge in [-0.15, -0.1) is 0 Å². The Morgan fingerprint density at radius 3 is 2.81 bits per heavy atom. The average Bonchev–Trinajstić information content (AvgIpc) is 3.03. The molecule has 0 radical (unpaired) electrons. The molecule has 0 spiro atoms. The van der Waals surface area contributed by atoms with Crippen LogP contribution in [0.4, 0.5) is 10.7 Å². The van der Waals surface area contributed by atoms with Crippen molar-refractivity contribution in [3.05, 3.63) is 59.2 Å². The standard InChI is InChI=1S/C19H17N5O2/c1-2-20-19(26)24-18-22-14-8-7-11(9-15(14)23-18)17-13-6-4-3-5-12(13)16(25)10-21-17/h3-9H,2,10H2,1H3,(H3,20,22,23,24,26). The molecule has 0 fully saturated rings. The van der Waals surface area contributed by atoms with Crippen molar-refractivity contribution >= 4 is 34.5 Å². The fourth-order valence-electron chi connectivity index (χ4n) is 3.03. The summed E-state index contributed by atoms with van der Waals surface area (Å²) in [4.78, 5) is 35.6. The number of hydrogen-bond acceptors (Lipinski definition) is 4. The predicted octanol–water partition coefficient (Wildman–Crippen LogP) is 2.74. The summed E-state index contributed by atoms with van der Waals surface area (Å²) in [6.45, 7) is 2.53. The second-order valence-corrected chi connectivity index (χ2v) is 5.94. The molecule has 0 bridgehead atoms. The molecule has 1 aliphatic heterocycles. The zero-order chi connectivity index (χ0) is 18.1. The third kappa shape index (κ3) is 2.83. The van der Waals surface area contributed by atoms with Crippen molar-refractivity contribution in [1.29, 1.82) is 0 Å². The number of H-pyrrole nitrogens is 1. The van der Waals surface area contributed by atoms with E-state index in [1.54, 1.807) is 0 Å². The SMILES string of the molecule is CCNC(=O)Nc1nc2ccc(C3=NCC(=O)c4ccccc43)cc2[nH]1. The van der Waals surface area contributed by atoms with E-state index in [2.05, 4.69) is 25.6 Å². The molecule has 7 heteroatoms. The van der Waals surface area contributed by atoms with Crippen LogP contribution in [0.25, 0.3) is 11.0 Å². The van der Waals surface area contributed by atoms with Gasteiger partial charge in [-0.2, -0.15) is 0 Å². The number of carbonyl (C=O) groups is 2. The second-order valence-electron chi connectivity index (χ2n) is 5.94. The number of aromatic nitrogens is 2. The van der Waals surface area contributed by atoms with Crippen LogP contribution in [0.15, 0.2) is 47.5 Å². The van der Waals surface area contributed by atoms with E-state index in [1.165, 1.54) is 0 Å². The number of carbonyl (C=O) groups excluding carboxylic acids is 2. The van der Waals surface area contributed by atoms with Crippen LogP contribution >= 0.6 is 0 Å². The summed E-state index contributed by atoms with van der Waals surface area (Å²) in [6.07, 6.45) is 0. The molecule has 4 rings (SSSR count). The molecule has 0 aliphatic carbocycles. The van der Waals surface area contributed by atoms with Crippen LogP contribution in [0.2, 0.25) is 0 Å². The van der Waals surface area contributed by atoms with Gasteiger partial charge in [-0.25, -0.2) is 9.78 Å². The number of rotatable bonds is 3. The molecular weight excluding hydrogens is 330 g/mol. The van der Waals surface area contributed by atoms with Gasteiger partial charge in [0.1, 0.15) is 6.54 Å². The van der Waals surface area contributed by atoms with Gasteiger partial charge >= 0.3 is 6.03 Å². The molecule has 2 heterocycles. The minimum atomic E-state index is -0.309. The van der Waals surface area contributed by atoms with Crippen LogP contribution in [0, 0.1) is 0 Å². The highest BCUT2D eigenvalue weighted by Crippen LogP contribution is 2.23. The first-order chi connectivity index (χ1) is 12.7. The number of ketones is 1. The molecule has 0 unspecified atom stereocenters. The summed E-state index contributed by atoms with van der Waals surface area (Å²) >= 11 is 0. The number of amides is 2. The molecule has 26 heavy (non-hydrogen) atoms. The number of anilines is 1. The quantitative estimate of drug-likeness (QED) is 0.679. The zero-order valence-corrected chi connectivity index (χ0v) is 14.2. The smallest absolute Gasteiger partial charge is 0.321 e. The lowest BCUT2D eigenvalue weighted by molar-refractivity contribution is 0.1000. The molecule has 2 amide bonds. The first-order valence-corrected chi connectivity index (χ1v) is 8.37. The number of benzene rings is 2. The van der Waals surface area contributed by atoms with E-state index >= 15 is 0 Å². The highest BCUT2D eigenvalue weighted by Gasteiger charge is 2.21. The molecule has 3 N–H and O–H groups in total. The van der Waals surface area contributed by atoms with Gasteiger partial charge in [0.15, 0.2) is 5.78 Å². The summed E-state index contributed by atoms with van der Waals surface area (Å²) in [5.74, 6) is 0.407. The molecule has 0 atom stereocenters. The number of nitrogens with zero attached hydrogens (tertiary/aromatic N) is 2. The number of urea groups is 1. The molecule has 3 aromatic rings. The first-order valence-electron chi connectivity index (χ1n) is 8.37. The van der Waals surface area contributed by atoms with E-state index in [-0.39, 0.29) is 18.4 Å². The van der Waals surface area contributed by atoms with Gasteiger partial charge in [0.25, 0.3) is 0 Å². The number of imidazole rings is 1. The van der Waals surface area contributed by atoms with Crippen LogP contribution < -0.4 is 10.6 Å². The van der Waals surface area contributed by atoms with Crippen molar-refractivity contribution in [3.63, 3.8) is 0 Å². The molecule has 1 aromatic heterocycles. The van der Waals surface area contributed by atoms with Gasteiger partial charge in [-0.05, 0) is 19.1 Å². The van der Waals surface area contributed by atoms with Crippen LogP contribution in [0.1, 0.15) is 28.4 Å². The van der Waals surface area contributed by atoms with Gasteiger partial charge in [0.2, 0.25) is 5.95 Å². The first kappa shape index (κ1) is 16.0. The lowest BCUT2D eigenvalue weighted by Gasteiger charge is -2.16. The molecule has 2 aromatic carbocycles. The van der Waals surface area contributed by atoms with Crippen LogP contribution in [0.3, 0.4) is 0 Å². The summed E-state index contributed by atoms with van der Waals surface area (Å²) in [5.41, 5.74) is 4.73. The van der Waals surface area contributed by atoms with E-state index in [0.29, 0.717) is 18.1 Å². The molecule has 7 nitrogen and oxygen atoms in total. The van der Waals surface area contributed by atoms with Crippen molar-refractivity contribution < 1.29 is 9.59 Å². The van der Waals surface area contributed by atoms with Crippen molar-refractivity contribution in [2.45, 2.75) is 6.92 Å². The van der Waals surface area contributed by atoms with Gasteiger partial charge in [0, 0.05) is 23.2 Å². The van der Waals surface area contributed by atoms with Crippen molar-refractivity contribution in [1.82, 2.24) is 15.3 Å². The fraction of sp³-hybridized carbons (Fsp3) is 0.158. The van der Waals surface area contributed by atoms with E-state index in [9.17, 15) is 9.59 Å². The van der Waals surface area contributed by atoms with Crippen molar-refractivity contribution in [2.24, 2.45) is 4.99 Å². The van der Waals surface area contributed by atoms with Gasteiger partial charge in [-0.1, -0.05) is 30.3 Å². The van der Waals surface area contributed by atoms with Crippen molar-refractivity contribution in [2.75, 3.05) is 18.4 Å². The Morgan fingerprint density at radius 2 is 2.00 bits per heavy atom. The maximum atomic E-state index is 12.1. The molecule has 1 aliphatic rings. The maximum Gasteiger partial charge on any atom is 0.321 e. The largest absolute Gasteiger partial charge is 0.338 e. The minimum absolute atomic E-state index is 0.0281. The Morgan fingerprint density at radius 1 is 1.19 bits per heavy atom. The van der Waals surface area contributed by atoms with Crippen LogP contribution in [-0.4, -0.2) is 40.6 Å². The summed E-state index contributed by atoms with van der Waals surface area (Å²) in [6, 6.07) is 12.9. The highest BCUT2D eigenvalue weighted by atomic mass is 16.2. The minimum Gasteiger partial charge on any atom is -0.338 e. The fourth-order valence-corrected chi connectivity index (χ4v) is 3.03. The third-order valence-electron chi connectivity index (χ3n) is 4.19. The number of hydrogen-bond donors (Lipinski definition) is 3. The Kier molecular flexibility index (Phi) is 3.96. The highest BCUT2D eigenvalue weighted by molar-refractivity contribution is 6.22. The van der Waals surface area contributed by atoms with Gasteiger partial charge < -0.3 is 10.3 Å². The average molecular weight is 347 g/mol. The van der Waals surface area contributed by atoms with Crippen LogP contribution in [0.5, 0.6) is 0 Å². The topological polar surface area (TPSA) is 99.2 Å². The Balaban J connectivity index is 1.70. The second kappa shape index (κ2) is 6.44. The van der Waals surface area contributed by atoms with Crippen molar-refractivity contribution in [3.8, 4) is 0 Å². The molecule has 0 saturated heterocycles. The van der Waals surface area contributed by atoms with E-state index in [4.69, 9.17) is 0 Å². The predicted molar refractivity (Wildman–Crippen MR) is 100 cm³/mol. The third-order valence-corrected chi connectivity index (χ3v) is 4.19. The Labute approximate surface area is 149 Å². The summed E-state index contributed by atoms with van der Waals surface area (Å²) in [5, 5.41) is 5.32.